The standard InChI is InChI=1S/C15H17N5O2/c1-16-14(21)10-9-18-19-13(10)12-6-4-8-20(12)15(22)11-5-2-3-7-17-11/h2-3,5,7,9,12H,4,6,8H2,1H3,(H,16,21)(H,18,19)/t12-/m0/s1. The minimum Gasteiger partial charge on any atom is -0.355 e. The maximum Gasteiger partial charge on any atom is 0.273 e. The lowest BCUT2D eigenvalue weighted by Crippen LogP contribution is -2.32. The van der Waals surface area contributed by atoms with E-state index in [1.807, 2.05) is 0 Å². The van der Waals surface area contributed by atoms with Crippen LogP contribution in [0.25, 0.3) is 0 Å². The Balaban J connectivity index is 1.90. The van der Waals surface area contributed by atoms with Gasteiger partial charge in [0.2, 0.25) is 0 Å². The molecule has 2 aromatic heterocycles. The molecule has 0 saturated carbocycles. The summed E-state index contributed by atoms with van der Waals surface area (Å²) in [5.41, 5.74) is 1.57. The van der Waals surface area contributed by atoms with E-state index in [2.05, 4.69) is 20.5 Å². The van der Waals surface area contributed by atoms with E-state index >= 15 is 0 Å². The third-order valence-electron chi connectivity index (χ3n) is 3.87. The number of amides is 2. The van der Waals surface area contributed by atoms with Gasteiger partial charge in [-0.1, -0.05) is 6.07 Å². The molecule has 1 aliphatic rings. The van der Waals surface area contributed by atoms with Crippen LogP contribution < -0.4 is 5.32 Å². The highest BCUT2D eigenvalue weighted by Gasteiger charge is 2.34. The van der Waals surface area contributed by atoms with Gasteiger partial charge in [0.05, 0.1) is 23.5 Å². The lowest BCUT2D eigenvalue weighted by atomic mass is 10.1. The second-order valence-corrected chi connectivity index (χ2v) is 5.15. The number of likely N-dealkylation sites (tertiary alicyclic amines) is 1. The Morgan fingerprint density at radius 2 is 2.27 bits per heavy atom. The Bertz CT molecular complexity index is 682. The second kappa shape index (κ2) is 5.97. The number of H-pyrrole nitrogens is 1. The highest BCUT2D eigenvalue weighted by atomic mass is 16.2. The van der Waals surface area contributed by atoms with Gasteiger partial charge in [0.15, 0.2) is 0 Å². The zero-order valence-electron chi connectivity index (χ0n) is 12.2. The quantitative estimate of drug-likeness (QED) is 0.889. The lowest BCUT2D eigenvalue weighted by Gasteiger charge is -2.24. The monoisotopic (exact) mass is 299 g/mol. The Morgan fingerprint density at radius 1 is 1.41 bits per heavy atom. The summed E-state index contributed by atoms with van der Waals surface area (Å²) in [7, 11) is 1.57. The van der Waals surface area contributed by atoms with Crippen LogP contribution in [0.15, 0.2) is 30.6 Å². The largest absolute Gasteiger partial charge is 0.355 e. The summed E-state index contributed by atoms with van der Waals surface area (Å²) in [6.07, 6.45) is 4.78. The van der Waals surface area contributed by atoms with Crippen molar-refractivity contribution in [3.05, 3.63) is 47.5 Å². The van der Waals surface area contributed by atoms with Crippen LogP contribution in [0.2, 0.25) is 0 Å². The topological polar surface area (TPSA) is 91.0 Å². The SMILES string of the molecule is CNC(=O)c1cn[nH]c1[C@@H]1CCCN1C(=O)c1ccccn1. The van der Waals surface area contributed by atoms with Gasteiger partial charge in [-0.3, -0.25) is 19.7 Å². The number of carbonyl (C=O) groups is 2. The predicted molar refractivity (Wildman–Crippen MR) is 79.2 cm³/mol. The van der Waals surface area contributed by atoms with Gasteiger partial charge in [0.25, 0.3) is 11.8 Å². The van der Waals surface area contributed by atoms with E-state index < -0.39 is 0 Å². The molecule has 0 unspecified atom stereocenters. The first-order valence-corrected chi connectivity index (χ1v) is 7.19. The first kappa shape index (κ1) is 14.2. The third-order valence-corrected chi connectivity index (χ3v) is 3.87. The molecule has 3 heterocycles. The highest BCUT2D eigenvalue weighted by molar-refractivity contribution is 5.96. The van der Waals surface area contributed by atoms with Crippen molar-refractivity contribution in [3.63, 3.8) is 0 Å². The van der Waals surface area contributed by atoms with E-state index in [-0.39, 0.29) is 17.9 Å². The van der Waals surface area contributed by atoms with Gasteiger partial charge in [-0.2, -0.15) is 5.10 Å². The van der Waals surface area contributed by atoms with Crippen molar-refractivity contribution in [3.8, 4) is 0 Å². The van der Waals surface area contributed by atoms with Crippen molar-refractivity contribution in [2.75, 3.05) is 13.6 Å². The average molecular weight is 299 g/mol. The van der Waals surface area contributed by atoms with Crippen LogP contribution in [0.4, 0.5) is 0 Å². The molecule has 0 spiro atoms. The smallest absolute Gasteiger partial charge is 0.273 e. The van der Waals surface area contributed by atoms with Crippen LogP contribution in [-0.4, -0.2) is 45.5 Å². The van der Waals surface area contributed by atoms with Gasteiger partial charge in [-0.05, 0) is 25.0 Å². The molecule has 0 bridgehead atoms. The molecule has 7 heteroatoms. The molecule has 1 saturated heterocycles. The van der Waals surface area contributed by atoms with Crippen LogP contribution in [0.5, 0.6) is 0 Å². The number of nitrogens with one attached hydrogen (secondary N) is 2. The number of carbonyl (C=O) groups excluding carboxylic acids is 2. The zero-order chi connectivity index (χ0) is 15.5. The molecular weight excluding hydrogens is 282 g/mol. The van der Waals surface area contributed by atoms with Crippen molar-refractivity contribution >= 4 is 11.8 Å². The van der Waals surface area contributed by atoms with Crippen LogP contribution in [-0.2, 0) is 0 Å². The minimum atomic E-state index is -0.208. The molecule has 2 amide bonds. The zero-order valence-corrected chi connectivity index (χ0v) is 12.2. The molecule has 22 heavy (non-hydrogen) atoms. The predicted octanol–water partition coefficient (Wildman–Crippen LogP) is 1.14. The van der Waals surface area contributed by atoms with Crippen LogP contribution >= 0.6 is 0 Å². The minimum absolute atomic E-state index is 0.124. The van der Waals surface area contributed by atoms with Crippen molar-refractivity contribution in [2.24, 2.45) is 0 Å². The second-order valence-electron chi connectivity index (χ2n) is 5.15. The molecule has 0 aromatic carbocycles. The summed E-state index contributed by atoms with van der Waals surface area (Å²) < 4.78 is 0. The van der Waals surface area contributed by atoms with E-state index in [1.165, 1.54) is 6.20 Å². The molecule has 7 nitrogen and oxygen atoms in total. The number of pyridine rings is 1. The summed E-state index contributed by atoms with van der Waals surface area (Å²) in [6.45, 7) is 0.645. The summed E-state index contributed by atoms with van der Waals surface area (Å²) in [6, 6.07) is 5.09. The van der Waals surface area contributed by atoms with E-state index in [0.717, 1.165) is 12.8 Å². The van der Waals surface area contributed by atoms with Crippen LogP contribution in [0, 0.1) is 0 Å². The number of hydrogen-bond acceptors (Lipinski definition) is 4. The number of aromatic amines is 1. The van der Waals surface area contributed by atoms with E-state index in [1.54, 1.807) is 36.3 Å². The first-order chi connectivity index (χ1) is 10.7. The molecule has 2 N–H and O–H groups in total. The molecule has 114 valence electrons. The van der Waals surface area contributed by atoms with Gasteiger partial charge in [-0.15, -0.1) is 0 Å². The Morgan fingerprint density at radius 3 is 3.00 bits per heavy atom. The van der Waals surface area contributed by atoms with Gasteiger partial charge >= 0.3 is 0 Å². The van der Waals surface area contributed by atoms with Crippen molar-refractivity contribution in [2.45, 2.75) is 18.9 Å². The molecule has 1 atom stereocenters. The van der Waals surface area contributed by atoms with E-state index in [4.69, 9.17) is 0 Å². The Hall–Kier alpha value is -2.70. The van der Waals surface area contributed by atoms with Gasteiger partial charge in [-0.25, -0.2) is 0 Å². The average Bonchev–Trinajstić information content (AvgIpc) is 3.22. The van der Waals surface area contributed by atoms with Crippen molar-refractivity contribution in [1.29, 1.82) is 0 Å². The maximum absolute atomic E-state index is 12.6. The molecule has 1 aliphatic heterocycles. The van der Waals surface area contributed by atoms with E-state index in [0.29, 0.717) is 23.5 Å². The third kappa shape index (κ3) is 2.45. The normalized spacial score (nSPS) is 17.5. The Labute approximate surface area is 127 Å². The van der Waals surface area contributed by atoms with Crippen LogP contribution in [0.1, 0.15) is 45.4 Å². The number of rotatable bonds is 3. The lowest BCUT2D eigenvalue weighted by molar-refractivity contribution is 0.0724. The fraction of sp³-hybridized carbons (Fsp3) is 0.333. The summed E-state index contributed by atoms with van der Waals surface area (Å²) in [5.74, 6) is -0.332. The fourth-order valence-corrected chi connectivity index (χ4v) is 2.81. The molecule has 2 aromatic rings. The molecular formula is C15H17N5O2. The first-order valence-electron chi connectivity index (χ1n) is 7.19. The number of aromatic nitrogens is 3. The summed E-state index contributed by atoms with van der Waals surface area (Å²) in [5, 5.41) is 9.43. The summed E-state index contributed by atoms with van der Waals surface area (Å²) >= 11 is 0. The maximum atomic E-state index is 12.6. The molecule has 3 rings (SSSR count). The molecule has 0 aliphatic carbocycles. The van der Waals surface area contributed by atoms with Gasteiger partial charge < -0.3 is 10.2 Å². The fourth-order valence-electron chi connectivity index (χ4n) is 2.81. The van der Waals surface area contributed by atoms with E-state index in [9.17, 15) is 9.59 Å². The number of hydrogen-bond donors (Lipinski definition) is 2. The van der Waals surface area contributed by atoms with Gasteiger partial charge in [0.1, 0.15) is 5.69 Å². The summed E-state index contributed by atoms with van der Waals surface area (Å²) in [4.78, 5) is 30.4. The number of nitrogens with zero attached hydrogens (tertiary/aromatic N) is 3. The molecule has 0 radical (unpaired) electrons. The molecule has 1 fully saturated rings. The van der Waals surface area contributed by atoms with Crippen LogP contribution in [0.3, 0.4) is 0 Å². The van der Waals surface area contributed by atoms with Crippen molar-refractivity contribution in [1.82, 2.24) is 25.4 Å². The van der Waals surface area contributed by atoms with Gasteiger partial charge in [0, 0.05) is 19.8 Å². The highest BCUT2D eigenvalue weighted by Crippen LogP contribution is 2.33. The Kier molecular flexibility index (Phi) is 3.86. The van der Waals surface area contributed by atoms with Crippen molar-refractivity contribution < 1.29 is 9.59 Å².